The molecule has 0 aromatic carbocycles. The van der Waals surface area contributed by atoms with Crippen molar-refractivity contribution in [3.8, 4) is 0 Å². The molecule has 0 amide bonds. The molecule has 0 bridgehead atoms. The molecule has 1 atom stereocenters. The van der Waals surface area contributed by atoms with Gasteiger partial charge in [0.25, 0.3) is 0 Å². The first-order valence-corrected chi connectivity index (χ1v) is 4.85. The molecule has 0 fully saturated rings. The summed E-state index contributed by atoms with van der Waals surface area (Å²) in [5.41, 5.74) is 0. The molecule has 78 valence electrons. The monoisotopic (exact) mass is 221 g/mol. The average molecular weight is 221 g/mol. The lowest BCUT2D eigenvalue weighted by Gasteiger charge is -2.06. The third-order valence-corrected chi connectivity index (χ3v) is 2.52. The van der Waals surface area contributed by atoms with Crippen LogP contribution in [0.3, 0.4) is 0 Å². The van der Waals surface area contributed by atoms with Crippen LogP contribution < -0.4 is 0 Å². The average Bonchev–Trinajstić information content (AvgIpc) is 2.16. The van der Waals surface area contributed by atoms with Gasteiger partial charge in [-0.15, -0.1) is 11.8 Å². The van der Waals surface area contributed by atoms with E-state index in [1.807, 2.05) is 0 Å². The summed E-state index contributed by atoms with van der Waals surface area (Å²) in [6.45, 7) is -0.393. The third kappa shape index (κ3) is 3.21. The number of hydrogen-bond donors (Lipinski definition) is 2. The first-order chi connectivity index (χ1) is 6.63. The Kier molecular flexibility index (Phi) is 4.24. The Bertz CT molecular complexity index is 311. The largest absolute Gasteiger partial charge is 0.394 e. The fraction of sp³-hybridized carbons (Fsp3) is 0.375. The zero-order valence-electron chi connectivity index (χ0n) is 7.15. The van der Waals surface area contributed by atoms with E-state index in [0.717, 1.165) is 24.0 Å². The summed E-state index contributed by atoms with van der Waals surface area (Å²) in [6.07, 6.45) is -0.0252. The molecule has 0 saturated carbocycles. The molecule has 1 rings (SSSR count). The Morgan fingerprint density at radius 1 is 1.50 bits per heavy atom. The smallest absolute Gasteiger partial charge is 0.158 e. The van der Waals surface area contributed by atoms with E-state index in [-0.39, 0.29) is 10.8 Å². The van der Waals surface area contributed by atoms with Gasteiger partial charge < -0.3 is 10.2 Å². The first-order valence-electron chi connectivity index (χ1n) is 3.86. The van der Waals surface area contributed by atoms with Crippen LogP contribution in [-0.4, -0.2) is 33.7 Å². The van der Waals surface area contributed by atoms with E-state index in [4.69, 9.17) is 10.2 Å². The van der Waals surface area contributed by atoms with E-state index in [2.05, 4.69) is 4.98 Å². The van der Waals surface area contributed by atoms with Crippen LogP contribution in [0.15, 0.2) is 17.3 Å². The van der Waals surface area contributed by atoms with Gasteiger partial charge in [0.1, 0.15) is 10.8 Å². The van der Waals surface area contributed by atoms with Gasteiger partial charge >= 0.3 is 0 Å². The minimum absolute atomic E-state index is 0.0129. The maximum absolute atomic E-state index is 12.9. The Labute approximate surface area is 83.8 Å². The number of aliphatic hydroxyl groups is 2. The molecule has 1 aromatic heterocycles. The second kappa shape index (κ2) is 5.23. The molecular formula is C8H9F2NO2S. The summed E-state index contributed by atoms with van der Waals surface area (Å²) in [5.74, 6) is -1.39. The van der Waals surface area contributed by atoms with Crippen molar-refractivity contribution < 1.29 is 19.0 Å². The summed E-state index contributed by atoms with van der Waals surface area (Å²) in [4.78, 5) is 3.50. The van der Waals surface area contributed by atoms with Crippen LogP contribution in [0.4, 0.5) is 8.78 Å². The van der Waals surface area contributed by atoms with Crippen molar-refractivity contribution in [1.82, 2.24) is 4.98 Å². The molecule has 0 aliphatic carbocycles. The minimum Gasteiger partial charge on any atom is -0.394 e. The topological polar surface area (TPSA) is 53.4 Å². The lowest BCUT2D eigenvalue weighted by molar-refractivity contribution is 0.113. The molecule has 0 aliphatic heterocycles. The first kappa shape index (κ1) is 11.4. The molecular weight excluding hydrogens is 212 g/mol. The highest BCUT2D eigenvalue weighted by Gasteiger charge is 2.09. The van der Waals surface area contributed by atoms with Crippen LogP contribution >= 0.6 is 11.8 Å². The quantitative estimate of drug-likeness (QED) is 0.739. The van der Waals surface area contributed by atoms with E-state index in [1.54, 1.807) is 0 Å². The zero-order valence-corrected chi connectivity index (χ0v) is 7.97. The molecule has 0 spiro atoms. The second-order valence-corrected chi connectivity index (χ2v) is 3.60. The van der Waals surface area contributed by atoms with Crippen molar-refractivity contribution in [1.29, 1.82) is 0 Å². The maximum Gasteiger partial charge on any atom is 0.158 e. The predicted octanol–water partition coefficient (Wildman–Crippen LogP) is 0.805. The zero-order chi connectivity index (χ0) is 10.6. The van der Waals surface area contributed by atoms with Gasteiger partial charge in [-0.05, 0) is 0 Å². The van der Waals surface area contributed by atoms with Gasteiger partial charge in [-0.1, -0.05) is 0 Å². The van der Waals surface area contributed by atoms with Gasteiger partial charge in [-0.25, -0.2) is 13.8 Å². The van der Waals surface area contributed by atoms with Gasteiger partial charge in [0.2, 0.25) is 0 Å². The summed E-state index contributed by atoms with van der Waals surface area (Å²) in [5, 5.41) is 17.5. The molecule has 1 heterocycles. The van der Waals surface area contributed by atoms with Gasteiger partial charge in [0, 0.05) is 11.8 Å². The fourth-order valence-electron chi connectivity index (χ4n) is 0.736. The van der Waals surface area contributed by atoms with Crippen molar-refractivity contribution in [2.45, 2.75) is 11.1 Å². The number of aromatic nitrogens is 1. The molecule has 1 aromatic rings. The van der Waals surface area contributed by atoms with Crippen LogP contribution in [0.5, 0.6) is 0 Å². The third-order valence-electron chi connectivity index (χ3n) is 1.40. The molecule has 6 heteroatoms. The fourth-order valence-corrected chi connectivity index (χ4v) is 1.52. The van der Waals surface area contributed by atoms with Crippen molar-refractivity contribution in [2.75, 3.05) is 12.4 Å². The van der Waals surface area contributed by atoms with E-state index < -0.39 is 24.3 Å². The normalized spacial score (nSPS) is 12.9. The molecule has 2 N–H and O–H groups in total. The van der Waals surface area contributed by atoms with Crippen molar-refractivity contribution in [2.24, 2.45) is 0 Å². The molecule has 0 aliphatic rings. The Hall–Kier alpha value is -0.720. The van der Waals surface area contributed by atoms with Gasteiger partial charge in [0.15, 0.2) is 5.82 Å². The Balaban J connectivity index is 2.59. The summed E-state index contributed by atoms with van der Waals surface area (Å²) < 4.78 is 25.3. The molecule has 0 radical (unpaired) electrons. The second-order valence-electron chi connectivity index (χ2n) is 2.59. The molecule has 1 unspecified atom stereocenters. The Morgan fingerprint density at radius 3 is 2.79 bits per heavy atom. The van der Waals surface area contributed by atoms with Crippen LogP contribution in [-0.2, 0) is 0 Å². The SMILES string of the molecule is OCC(O)CSc1ncc(F)cc1F. The Morgan fingerprint density at radius 2 is 2.21 bits per heavy atom. The molecule has 14 heavy (non-hydrogen) atoms. The lowest BCUT2D eigenvalue weighted by Crippen LogP contribution is -2.14. The van der Waals surface area contributed by atoms with Crippen LogP contribution in [0.1, 0.15) is 0 Å². The number of hydrogen-bond acceptors (Lipinski definition) is 4. The predicted molar refractivity (Wildman–Crippen MR) is 48.0 cm³/mol. The standard InChI is InChI=1S/C8H9F2NO2S/c9-5-1-7(10)8(11-2-5)14-4-6(13)3-12/h1-2,6,12-13H,3-4H2. The number of rotatable bonds is 4. The number of nitrogens with zero attached hydrogens (tertiary/aromatic N) is 1. The highest BCUT2D eigenvalue weighted by Crippen LogP contribution is 2.19. The number of aliphatic hydroxyl groups excluding tert-OH is 2. The van der Waals surface area contributed by atoms with Crippen LogP contribution in [0, 0.1) is 11.6 Å². The van der Waals surface area contributed by atoms with Gasteiger partial charge in [0.05, 0.1) is 18.9 Å². The number of thioether (sulfide) groups is 1. The van der Waals surface area contributed by atoms with E-state index >= 15 is 0 Å². The van der Waals surface area contributed by atoms with Crippen LogP contribution in [0.25, 0.3) is 0 Å². The van der Waals surface area contributed by atoms with Crippen LogP contribution in [0.2, 0.25) is 0 Å². The number of pyridine rings is 1. The van der Waals surface area contributed by atoms with Gasteiger partial charge in [-0.2, -0.15) is 0 Å². The molecule has 0 saturated heterocycles. The number of halogens is 2. The lowest BCUT2D eigenvalue weighted by atomic mass is 10.4. The van der Waals surface area contributed by atoms with Crippen molar-refractivity contribution in [3.05, 3.63) is 23.9 Å². The minimum atomic E-state index is -0.925. The van der Waals surface area contributed by atoms with Gasteiger partial charge in [-0.3, -0.25) is 0 Å². The van der Waals surface area contributed by atoms with Crippen molar-refractivity contribution >= 4 is 11.8 Å². The van der Waals surface area contributed by atoms with Crippen molar-refractivity contribution in [3.63, 3.8) is 0 Å². The van der Waals surface area contributed by atoms with E-state index in [0.29, 0.717) is 0 Å². The van der Waals surface area contributed by atoms with E-state index in [1.165, 1.54) is 0 Å². The highest BCUT2D eigenvalue weighted by molar-refractivity contribution is 7.99. The van der Waals surface area contributed by atoms with E-state index in [9.17, 15) is 8.78 Å². The highest BCUT2D eigenvalue weighted by atomic mass is 32.2. The maximum atomic E-state index is 12.9. The molecule has 3 nitrogen and oxygen atoms in total. The summed E-state index contributed by atoms with van der Waals surface area (Å²) >= 11 is 0.926. The summed E-state index contributed by atoms with van der Waals surface area (Å²) in [6, 6.07) is 0.723. The summed E-state index contributed by atoms with van der Waals surface area (Å²) in [7, 11) is 0.